The molecule has 0 aromatic carbocycles. The summed E-state index contributed by atoms with van der Waals surface area (Å²) < 4.78 is 16.9. The molecule has 0 aromatic heterocycles. The van der Waals surface area contributed by atoms with Crippen molar-refractivity contribution in [3.8, 4) is 0 Å². The molecule has 0 N–H and O–H groups in total. The highest BCUT2D eigenvalue weighted by atomic mass is 16.6. The summed E-state index contributed by atoms with van der Waals surface area (Å²) in [6, 6.07) is 0. The number of carbonyl (C=O) groups excluding carboxylic acids is 3. The number of carbonyl (C=O) groups is 3. The third kappa shape index (κ3) is 57.5. The zero-order chi connectivity index (χ0) is 52.2. The van der Waals surface area contributed by atoms with E-state index in [2.05, 4.69) is 106 Å². The predicted molar refractivity (Wildman–Crippen MR) is 311 cm³/mol. The summed E-state index contributed by atoms with van der Waals surface area (Å²) >= 11 is 0. The van der Waals surface area contributed by atoms with Crippen LogP contribution in [-0.2, 0) is 28.6 Å². The second kappa shape index (κ2) is 60.1. The van der Waals surface area contributed by atoms with Crippen LogP contribution in [-0.4, -0.2) is 37.2 Å². The van der Waals surface area contributed by atoms with E-state index in [4.69, 9.17) is 14.2 Å². The molecule has 0 aromatic rings. The van der Waals surface area contributed by atoms with E-state index in [1.54, 1.807) is 0 Å². The Balaban J connectivity index is 4.35. The molecule has 0 saturated carbocycles. The second-order valence-electron chi connectivity index (χ2n) is 20.2. The fourth-order valence-corrected chi connectivity index (χ4v) is 8.52. The van der Waals surface area contributed by atoms with E-state index in [1.807, 2.05) is 0 Å². The van der Waals surface area contributed by atoms with Gasteiger partial charge in [-0.2, -0.15) is 0 Å². The molecular weight excluding hydrogens is 889 g/mol. The van der Waals surface area contributed by atoms with Crippen molar-refractivity contribution >= 4 is 17.9 Å². The molecule has 0 aliphatic heterocycles. The number of rotatable bonds is 55. The lowest BCUT2D eigenvalue weighted by atomic mass is 10.1. The smallest absolute Gasteiger partial charge is 0.306 e. The van der Waals surface area contributed by atoms with Crippen LogP contribution < -0.4 is 0 Å². The number of hydrogen-bond acceptors (Lipinski definition) is 6. The topological polar surface area (TPSA) is 78.9 Å². The van der Waals surface area contributed by atoms with Crippen LogP contribution in [0.3, 0.4) is 0 Å². The molecule has 0 heterocycles. The standard InChI is InChI=1S/C66H114O6/c1-4-7-10-13-16-19-22-25-27-29-31-32-33-34-35-37-38-41-44-47-50-53-56-59-65(68)71-62-63(61-70-64(67)58-55-52-49-46-43-40-24-21-18-15-12-9-6-3)72-66(69)60-57-54-51-48-45-42-39-36-30-28-26-23-20-17-14-11-8-5-2/h7,10,16,19-21,23-25,27-28,30-32,63H,4-6,8-9,11-15,17-18,22,26,29,33-62H2,1-3H3/b10-7-,19-16-,23-20-,24-21-,27-25-,30-28-,32-31-. The van der Waals surface area contributed by atoms with Gasteiger partial charge < -0.3 is 14.2 Å². The fraction of sp³-hybridized carbons (Fsp3) is 0.742. The molecule has 414 valence electrons. The molecule has 6 nitrogen and oxygen atoms in total. The Morgan fingerprint density at radius 3 is 0.861 bits per heavy atom. The van der Waals surface area contributed by atoms with Crippen molar-refractivity contribution < 1.29 is 28.6 Å². The van der Waals surface area contributed by atoms with E-state index in [0.717, 1.165) is 103 Å². The average Bonchev–Trinajstić information content (AvgIpc) is 3.38. The van der Waals surface area contributed by atoms with E-state index in [0.29, 0.717) is 19.3 Å². The Hall–Kier alpha value is -3.41. The summed E-state index contributed by atoms with van der Waals surface area (Å²) in [6.07, 6.45) is 78.6. The second-order valence-corrected chi connectivity index (χ2v) is 20.2. The van der Waals surface area contributed by atoms with Gasteiger partial charge in [0.25, 0.3) is 0 Å². The number of allylic oxidation sites excluding steroid dienone is 14. The molecule has 0 fully saturated rings. The molecule has 0 bridgehead atoms. The third-order valence-corrected chi connectivity index (χ3v) is 13.1. The summed E-state index contributed by atoms with van der Waals surface area (Å²) in [7, 11) is 0. The summed E-state index contributed by atoms with van der Waals surface area (Å²) in [6.45, 7) is 6.50. The normalized spacial score (nSPS) is 12.7. The highest BCUT2D eigenvalue weighted by molar-refractivity contribution is 5.71. The molecule has 72 heavy (non-hydrogen) atoms. The summed E-state index contributed by atoms with van der Waals surface area (Å²) in [5.41, 5.74) is 0. The van der Waals surface area contributed by atoms with Gasteiger partial charge in [-0.15, -0.1) is 0 Å². The lowest BCUT2D eigenvalue weighted by molar-refractivity contribution is -0.167. The predicted octanol–water partition coefficient (Wildman–Crippen LogP) is 20.7. The first kappa shape index (κ1) is 68.6. The monoisotopic (exact) mass is 1000 g/mol. The van der Waals surface area contributed by atoms with E-state index in [-0.39, 0.29) is 31.1 Å². The molecule has 0 aliphatic rings. The van der Waals surface area contributed by atoms with E-state index in [1.165, 1.54) is 154 Å². The van der Waals surface area contributed by atoms with Gasteiger partial charge in [0.1, 0.15) is 13.2 Å². The van der Waals surface area contributed by atoms with Gasteiger partial charge in [-0.3, -0.25) is 14.4 Å². The molecule has 1 atom stereocenters. The highest BCUT2D eigenvalue weighted by Crippen LogP contribution is 2.15. The third-order valence-electron chi connectivity index (χ3n) is 13.1. The van der Waals surface area contributed by atoms with Crippen LogP contribution in [0.1, 0.15) is 297 Å². The Morgan fingerprint density at radius 1 is 0.292 bits per heavy atom. The fourth-order valence-electron chi connectivity index (χ4n) is 8.52. The molecule has 0 saturated heterocycles. The molecule has 0 aliphatic carbocycles. The Bertz CT molecular complexity index is 1380. The zero-order valence-electron chi connectivity index (χ0n) is 47.4. The maximum atomic E-state index is 12.9. The van der Waals surface area contributed by atoms with Crippen LogP contribution >= 0.6 is 0 Å². The minimum absolute atomic E-state index is 0.0838. The lowest BCUT2D eigenvalue weighted by Gasteiger charge is -2.18. The maximum Gasteiger partial charge on any atom is 0.306 e. The van der Waals surface area contributed by atoms with Gasteiger partial charge in [0.2, 0.25) is 0 Å². The Labute approximate surface area is 445 Å². The van der Waals surface area contributed by atoms with Crippen LogP contribution in [0.2, 0.25) is 0 Å². The number of esters is 3. The first-order valence-corrected chi connectivity index (χ1v) is 30.6. The Kier molecular flexibility index (Phi) is 57.3. The highest BCUT2D eigenvalue weighted by Gasteiger charge is 2.19. The first-order chi connectivity index (χ1) is 35.5. The van der Waals surface area contributed by atoms with Crippen LogP contribution in [0.5, 0.6) is 0 Å². The van der Waals surface area contributed by atoms with Gasteiger partial charge in [0, 0.05) is 19.3 Å². The average molecular weight is 1000 g/mol. The molecule has 0 amide bonds. The van der Waals surface area contributed by atoms with Gasteiger partial charge in [-0.25, -0.2) is 0 Å². The molecule has 0 radical (unpaired) electrons. The molecular formula is C66H114O6. The van der Waals surface area contributed by atoms with Crippen LogP contribution in [0.15, 0.2) is 85.1 Å². The van der Waals surface area contributed by atoms with Crippen LogP contribution in [0.4, 0.5) is 0 Å². The number of hydrogen-bond donors (Lipinski definition) is 0. The zero-order valence-corrected chi connectivity index (χ0v) is 47.4. The van der Waals surface area contributed by atoms with Crippen molar-refractivity contribution in [2.45, 2.75) is 303 Å². The van der Waals surface area contributed by atoms with Gasteiger partial charge in [-0.1, -0.05) is 247 Å². The number of ether oxygens (including phenoxy) is 3. The summed E-state index contributed by atoms with van der Waals surface area (Å²) in [4.78, 5) is 38.2. The van der Waals surface area contributed by atoms with E-state index < -0.39 is 6.10 Å². The SMILES string of the molecule is CC/C=C\C/C=C\C/C=C\C/C=C\CCCCCCCCCCCCC(=O)OCC(COC(=O)CCCCCCC/C=C\CCCCCC)OC(=O)CCCCCCCCC/C=C\C/C=C\CCCCCC. The number of unbranched alkanes of at least 4 members (excludes halogenated alkanes) is 30. The summed E-state index contributed by atoms with van der Waals surface area (Å²) in [5.74, 6) is -0.895. The van der Waals surface area contributed by atoms with Crippen molar-refractivity contribution in [1.82, 2.24) is 0 Å². The summed E-state index contributed by atoms with van der Waals surface area (Å²) in [5, 5.41) is 0. The van der Waals surface area contributed by atoms with Gasteiger partial charge in [-0.05, 0) is 116 Å². The van der Waals surface area contributed by atoms with Crippen molar-refractivity contribution in [1.29, 1.82) is 0 Å². The maximum absolute atomic E-state index is 12.9. The van der Waals surface area contributed by atoms with Crippen LogP contribution in [0, 0.1) is 0 Å². The van der Waals surface area contributed by atoms with Crippen LogP contribution in [0.25, 0.3) is 0 Å². The largest absolute Gasteiger partial charge is 0.462 e. The molecule has 0 rings (SSSR count). The van der Waals surface area contributed by atoms with Crippen molar-refractivity contribution in [2.24, 2.45) is 0 Å². The minimum atomic E-state index is -0.787. The molecule has 6 heteroatoms. The quantitative estimate of drug-likeness (QED) is 0.0261. The molecule has 0 spiro atoms. The van der Waals surface area contributed by atoms with Gasteiger partial charge in [0.05, 0.1) is 0 Å². The lowest BCUT2D eigenvalue weighted by Crippen LogP contribution is -2.30. The van der Waals surface area contributed by atoms with Crippen molar-refractivity contribution in [3.05, 3.63) is 85.1 Å². The van der Waals surface area contributed by atoms with E-state index >= 15 is 0 Å². The van der Waals surface area contributed by atoms with Gasteiger partial charge in [0.15, 0.2) is 6.10 Å². The minimum Gasteiger partial charge on any atom is -0.462 e. The van der Waals surface area contributed by atoms with Gasteiger partial charge >= 0.3 is 17.9 Å². The van der Waals surface area contributed by atoms with E-state index in [9.17, 15) is 14.4 Å². The first-order valence-electron chi connectivity index (χ1n) is 30.6. The van der Waals surface area contributed by atoms with Crippen molar-refractivity contribution in [3.63, 3.8) is 0 Å². The Morgan fingerprint density at radius 2 is 0.542 bits per heavy atom. The van der Waals surface area contributed by atoms with Crippen molar-refractivity contribution in [2.75, 3.05) is 13.2 Å². The molecule has 1 unspecified atom stereocenters.